The Morgan fingerprint density at radius 2 is 1.77 bits per heavy atom. The van der Waals surface area contributed by atoms with Crippen LogP contribution in [0.15, 0.2) is 42.5 Å². The van der Waals surface area contributed by atoms with Gasteiger partial charge in [0.25, 0.3) is 0 Å². The molecule has 0 saturated carbocycles. The van der Waals surface area contributed by atoms with Crippen LogP contribution in [0.1, 0.15) is 57.7 Å². The zero-order valence-electron chi connectivity index (χ0n) is 25.0. The molecule has 3 rings (SSSR count). The van der Waals surface area contributed by atoms with Crippen LogP contribution in [0.25, 0.3) is 0 Å². The standard InChI is InChI=1S/C12H17N2.C8H9O.C5H7NO3.C4H9.CH3.2Li/c1-2-3-6-11-8-7-10-5-4-9-13-12(10)14-11;1-2-9-8-6-4-3-5-7-8;1-2-4(5(8)9)6-3-7;1-4(2)3;;;/h7-8H,1-6,9H2,(H,13,14);3-7H,1-2H2;4H,1-2H2,(H,6,7)(H,8,9);1-3H3;1H3;;/q2*-1;-2;2*-1;2*+1/t;;4-;;;;/m..0..../s1. The smallest absolute Gasteiger partial charge is 0.525 e. The van der Waals surface area contributed by atoms with Gasteiger partial charge < -0.3 is 59.4 Å². The molecule has 0 fully saturated rings. The summed E-state index contributed by atoms with van der Waals surface area (Å²) in [6.07, 6.45) is 6.99. The molecule has 9 heteroatoms. The summed E-state index contributed by atoms with van der Waals surface area (Å²) < 4.78 is 5.09. The van der Waals surface area contributed by atoms with E-state index in [2.05, 4.69) is 64.0 Å². The Kier molecular flexibility index (Phi) is 32.9. The maximum absolute atomic E-state index is 10.0. The second-order valence-electron chi connectivity index (χ2n) is 8.39. The third kappa shape index (κ3) is 23.7. The van der Waals surface area contributed by atoms with Crippen LogP contribution in [-0.2, 0) is 22.4 Å². The number of fused-ring (bicyclic) bond motifs is 1. The minimum absolute atomic E-state index is 0. The molecule has 3 N–H and O–H groups in total. The molecule has 0 unspecified atom stereocenters. The Bertz CT molecular complexity index is 837. The van der Waals surface area contributed by atoms with E-state index in [0.717, 1.165) is 37.4 Å². The van der Waals surface area contributed by atoms with Gasteiger partial charge in [-0.15, -0.1) is 0 Å². The summed E-state index contributed by atoms with van der Waals surface area (Å²) in [5.74, 6) is 2.32. The van der Waals surface area contributed by atoms with Gasteiger partial charge >= 0.3 is 43.7 Å². The number of ether oxygens (including phenoxy) is 1. The zero-order chi connectivity index (χ0) is 27.2. The fourth-order valence-corrected chi connectivity index (χ4v) is 2.78. The van der Waals surface area contributed by atoms with Gasteiger partial charge in [0.1, 0.15) is 11.6 Å². The van der Waals surface area contributed by atoms with Crippen LogP contribution in [0.4, 0.5) is 5.82 Å². The molecule has 2 aromatic rings. The molecule has 0 saturated heterocycles. The van der Waals surface area contributed by atoms with Crippen molar-refractivity contribution in [3.63, 3.8) is 0 Å². The van der Waals surface area contributed by atoms with E-state index in [0.29, 0.717) is 6.61 Å². The summed E-state index contributed by atoms with van der Waals surface area (Å²) in [7, 11) is 0. The molecule has 2 heterocycles. The van der Waals surface area contributed by atoms with E-state index in [1.807, 2.05) is 35.6 Å². The van der Waals surface area contributed by atoms with Crippen LogP contribution in [-0.4, -0.2) is 41.7 Å². The van der Waals surface area contributed by atoms with Gasteiger partial charge in [-0.25, -0.2) is 4.98 Å². The number of carboxylic acid groups (broad SMARTS) is 1. The molecular formula is C30H45Li2N3O4-4. The Balaban J connectivity index is -0.000000219. The quantitative estimate of drug-likeness (QED) is 0.240. The minimum Gasteiger partial charge on any atom is -0.525 e. The number of benzene rings is 1. The number of carbonyl (C=O) groups excluding carboxylic acids is 1. The molecule has 1 aromatic carbocycles. The van der Waals surface area contributed by atoms with E-state index in [4.69, 9.17) is 9.84 Å². The van der Waals surface area contributed by atoms with Crippen LogP contribution in [0.3, 0.4) is 0 Å². The number of unbranched alkanes of at least 4 members (excludes halogenated alkanes) is 1. The minimum atomic E-state index is -1.09. The Hall–Kier alpha value is -1.90. The summed E-state index contributed by atoms with van der Waals surface area (Å²) in [5, 5.41) is 13.5. The van der Waals surface area contributed by atoms with Crippen molar-refractivity contribution in [3.8, 4) is 5.75 Å². The van der Waals surface area contributed by atoms with Crippen LogP contribution in [0.2, 0.25) is 0 Å². The van der Waals surface area contributed by atoms with Crippen molar-refractivity contribution in [2.45, 2.75) is 65.3 Å². The van der Waals surface area contributed by atoms with Crippen molar-refractivity contribution < 1.29 is 57.2 Å². The molecule has 0 aliphatic carbocycles. The number of carboxylic acids is 1. The number of rotatable bonds is 9. The van der Waals surface area contributed by atoms with Gasteiger partial charge in [-0.1, -0.05) is 30.7 Å². The molecule has 1 aromatic heterocycles. The normalized spacial score (nSPS) is 11.1. The Morgan fingerprint density at radius 1 is 1.15 bits per heavy atom. The van der Waals surface area contributed by atoms with Gasteiger partial charge in [0.05, 0.1) is 6.04 Å². The number of amides is 1. The van der Waals surface area contributed by atoms with Crippen molar-refractivity contribution in [1.29, 1.82) is 0 Å². The number of pyridine rings is 1. The second-order valence-corrected chi connectivity index (χ2v) is 8.39. The molecule has 0 radical (unpaired) electrons. The second kappa shape index (κ2) is 29.1. The number of nitrogens with zero attached hydrogens (tertiary/aromatic N) is 1. The Labute approximate surface area is 262 Å². The van der Waals surface area contributed by atoms with E-state index in [-0.39, 0.29) is 51.6 Å². The summed E-state index contributed by atoms with van der Waals surface area (Å²) >= 11 is 0. The third-order valence-corrected chi connectivity index (χ3v) is 4.47. The first-order valence-electron chi connectivity index (χ1n) is 12.2. The first-order chi connectivity index (χ1) is 17.3. The average molecular weight is 526 g/mol. The van der Waals surface area contributed by atoms with Crippen molar-refractivity contribution in [2.24, 2.45) is 0 Å². The number of hydrogen-bond donors (Lipinski definition) is 3. The summed E-state index contributed by atoms with van der Waals surface area (Å²) in [6.45, 7) is 18.5. The van der Waals surface area contributed by atoms with Crippen LogP contribution < -0.4 is 53.1 Å². The van der Waals surface area contributed by atoms with E-state index in [1.165, 1.54) is 36.4 Å². The van der Waals surface area contributed by atoms with Gasteiger partial charge in [-0.2, -0.15) is 40.0 Å². The topological polar surface area (TPSA) is 101 Å². The predicted molar refractivity (Wildman–Crippen MR) is 154 cm³/mol. The number of aliphatic carboxylic acids is 1. The number of hydrogen-bond acceptors (Lipinski definition) is 5. The van der Waals surface area contributed by atoms with E-state index in [1.54, 1.807) is 0 Å². The van der Waals surface area contributed by atoms with Crippen molar-refractivity contribution >= 4 is 18.2 Å². The fourth-order valence-electron chi connectivity index (χ4n) is 2.78. The predicted octanol–water partition coefficient (Wildman–Crippen LogP) is -0.105. The van der Waals surface area contributed by atoms with Crippen molar-refractivity contribution in [3.05, 3.63) is 87.8 Å². The molecule has 1 aliphatic heterocycles. The summed E-state index contributed by atoms with van der Waals surface area (Å²) in [6, 6.07) is 13.1. The van der Waals surface area contributed by atoms with Crippen LogP contribution in [0, 0.1) is 34.1 Å². The van der Waals surface area contributed by atoms with Gasteiger partial charge in [-0.05, 0) is 49.6 Å². The third-order valence-electron chi connectivity index (χ3n) is 4.47. The SMILES string of the molecule is C[C-](C)C.[CH2-]CCCc1ccc2c(n1)NCCC2.[CH2-]COc1ccccc1.[CH2-]C[C@H](N[C-]=O)C(=O)O.[CH3-].[Li+].[Li+]. The molecule has 7 nitrogen and oxygen atoms in total. The van der Waals surface area contributed by atoms with Gasteiger partial charge in [0.15, 0.2) is 0 Å². The number of aryl methyl sites for hydroxylation is 2. The molecule has 210 valence electrons. The van der Waals surface area contributed by atoms with Gasteiger partial charge in [-0.3, -0.25) is 4.79 Å². The van der Waals surface area contributed by atoms with E-state index >= 15 is 0 Å². The number of aromatic nitrogens is 1. The maximum Gasteiger partial charge on any atom is 1.00 e. The number of anilines is 1. The molecule has 1 amide bonds. The number of nitrogens with one attached hydrogen (secondary N) is 2. The first kappa shape index (κ1) is 44.1. The molecule has 0 spiro atoms. The number of para-hydroxylation sites is 1. The fraction of sp³-hybridized carbons (Fsp3) is 0.400. The maximum atomic E-state index is 10.0. The van der Waals surface area contributed by atoms with Crippen LogP contribution in [0.5, 0.6) is 5.75 Å². The molecule has 1 atom stereocenters. The number of carbonyl (C=O) groups is 1. The summed E-state index contributed by atoms with van der Waals surface area (Å²) in [5.41, 5.74) is 2.57. The Morgan fingerprint density at radius 3 is 2.23 bits per heavy atom. The zero-order valence-corrected chi connectivity index (χ0v) is 25.0. The first-order valence-corrected chi connectivity index (χ1v) is 12.2. The summed E-state index contributed by atoms with van der Waals surface area (Å²) in [4.78, 5) is 24.2. The van der Waals surface area contributed by atoms with Gasteiger partial charge in [0, 0.05) is 12.2 Å². The largest absolute Gasteiger partial charge is 1.00 e. The molecule has 1 aliphatic rings. The molecular weight excluding hydrogens is 480 g/mol. The van der Waals surface area contributed by atoms with Gasteiger partial charge in [0.2, 0.25) is 0 Å². The molecule has 39 heavy (non-hydrogen) atoms. The average Bonchev–Trinajstić information content (AvgIpc) is 2.87. The monoisotopic (exact) mass is 525 g/mol. The van der Waals surface area contributed by atoms with E-state index < -0.39 is 12.0 Å². The molecule has 0 bridgehead atoms. The van der Waals surface area contributed by atoms with Crippen molar-refractivity contribution in [2.75, 3.05) is 18.5 Å². The van der Waals surface area contributed by atoms with E-state index in [9.17, 15) is 9.59 Å². The van der Waals surface area contributed by atoms with Crippen molar-refractivity contribution in [1.82, 2.24) is 10.3 Å². The van der Waals surface area contributed by atoms with Crippen LogP contribution >= 0.6 is 0 Å².